The van der Waals surface area contributed by atoms with Crippen LogP contribution in [0.5, 0.6) is 0 Å². The number of ether oxygens (including phenoxy) is 1. The van der Waals surface area contributed by atoms with E-state index < -0.39 is 0 Å². The van der Waals surface area contributed by atoms with Crippen LogP contribution in [0.25, 0.3) is 0 Å². The molecule has 0 radical (unpaired) electrons. The lowest BCUT2D eigenvalue weighted by Gasteiger charge is -2.36. The van der Waals surface area contributed by atoms with Gasteiger partial charge in [-0.05, 0) is 35.9 Å². The van der Waals surface area contributed by atoms with Crippen molar-refractivity contribution in [2.75, 3.05) is 76.4 Å². The van der Waals surface area contributed by atoms with Crippen LogP contribution in [0.2, 0.25) is 0 Å². The number of benzene rings is 1. The van der Waals surface area contributed by atoms with E-state index in [0.29, 0.717) is 0 Å². The molecule has 28 heavy (non-hydrogen) atoms. The number of unbranched alkanes of at least 4 members (excludes halogenated alkanes) is 1. The summed E-state index contributed by atoms with van der Waals surface area (Å²) in [5.41, 5.74) is 1.31. The first kappa shape index (κ1) is 28.5. The van der Waals surface area contributed by atoms with E-state index in [2.05, 4.69) is 111 Å². The summed E-state index contributed by atoms with van der Waals surface area (Å²) >= 11 is 4.30. The fourth-order valence-corrected chi connectivity index (χ4v) is 3.06. The predicted octanol–water partition coefficient (Wildman–Crippen LogP) is 4.83. The van der Waals surface area contributed by atoms with Gasteiger partial charge in [-0.2, -0.15) is 0 Å². The van der Waals surface area contributed by atoms with E-state index in [0.717, 1.165) is 39.2 Å². The molecule has 0 N–H and O–H groups in total. The first-order valence-electron chi connectivity index (χ1n) is 10.2. The van der Waals surface area contributed by atoms with Crippen LogP contribution in [-0.2, 0) is 4.74 Å². The highest BCUT2D eigenvalue weighted by Gasteiger charge is 2.21. The zero-order valence-electron chi connectivity index (χ0n) is 18.5. The highest BCUT2D eigenvalue weighted by atomic mass is 127. The maximum atomic E-state index is 6.22. The van der Waals surface area contributed by atoms with Crippen molar-refractivity contribution in [3.05, 3.63) is 35.9 Å². The summed E-state index contributed by atoms with van der Waals surface area (Å²) in [4.78, 5) is 11.3. The van der Waals surface area contributed by atoms with E-state index in [1.807, 2.05) is 9.86 Å². The molecule has 1 unspecified atom stereocenters. The second kappa shape index (κ2) is 19.5. The standard InChI is InChI=1S/C20H35N3O.2CH3I/c1-4-5-17-24-20(19-9-7-6-8-10-19)18-23-15-13-22(14-16-23)12-11-21(2)3;2*1-2/h6-10,20H,4-5,11-18H2,1-3H3;2*1H3. The van der Waals surface area contributed by atoms with Gasteiger partial charge in [0, 0.05) is 52.4 Å². The Labute approximate surface area is 201 Å². The molecular formula is C22H41I2N3O. The van der Waals surface area contributed by atoms with Crippen molar-refractivity contribution in [3.8, 4) is 0 Å². The highest BCUT2D eigenvalue weighted by Crippen LogP contribution is 2.20. The molecule has 1 aliphatic rings. The largest absolute Gasteiger partial charge is 0.372 e. The summed E-state index contributed by atoms with van der Waals surface area (Å²) < 4.78 is 6.22. The van der Waals surface area contributed by atoms with Gasteiger partial charge in [-0.1, -0.05) is 88.9 Å². The predicted molar refractivity (Wildman–Crippen MR) is 141 cm³/mol. The van der Waals surface area contributed by atoms with Crippen molar-refractivity contribution in [2.45, 2.75) is 25.9 Å². The SMILES string of the molecule is CCCCOC(CN1CCN(CCN(C)C)CC1)c1ccccc1.CI.CI. The Kier molecular flexibility index (Phi) is 19.8. The van der Waals surface area contributed by atoms with E-state index in [9.17, 15) is 0 Å². The van der Waals surface area contributed by atoms with Crippen molar-refractivity contribution >= 4 is 45.2 Å². The van der Waals surface area contributed by atoms with Gasteiger partial charge in [0.25, 0.3) is 0 Å². The van der Waals surface area contributed by atoms with Gasteiger partial charge in [0.2, 0.25) is 0 Å². The molecule has 0 amide bonds. The fraction of sp³-hybridized carbons (Fsp3) is 0.727. The topological polar surface area (TPSA) is 19.0 Å². The van der Waals surface area contributed by atoms with Gasteiger partial charge in [0.05, 0.1) is 6.10 Å². The van der Waals surface area contributed by atoms with Crippen LogP contribution in [0.15, 0.2) is 30.3 Å². The van der Waals surface area contributed by atoms with E-state index in [4.69, 9.17) is 4.74 Å². The first-order valence-corrected chi connectivity index (χ1v) is 14.5. The zero-order valence-corrected chi connectivity index (χ0v) is 22.9. The zero-order chi connectivity index (χ0) is 21.2. The van der Waals surface area contributed by atoms with Gasteiger partial charge < -0.3 is 9.64 Å². The molecule has 0 aliphatic carbocycles. The number of likely N-dealkylation sites (N-methyl/N-ethyl adjacent to an activating group) is 1. The van der Waals surface area contributed by atoms with Gasteiger partial charge in [0.15, 0.2) is 0 Å². The van der Waals surface area contributed by atoms with Crippen LogP contribution in [0.4, 0.5) is 0 Å². The summed E-state index contributed by atoms with van der Waals surface area (Å²) in [5.74, 6) is 0. The molecule has 1 aromatic rings. The van der Waals surface area contributed by atoms with Gasteiger partial charge >= 0.3 is 0 Å². The van der Waals surface area contributed by atoms with E-state index >= 15 is 0 Å². The summed E-state index contributed by atoms with van der Waals surface area (Å²) in [6, 6.07) is 10.7. The maximum Gasteiger partial charge on any atom is 0.0951 e. The molecule has 1 heterocycles. The third-order valence-electron chi connectivity index (χ3n) is 4.74. The van der Waals surface area contributed by atoms with Crippen molar-refractivity contribution in [1.29, 1.82) is 0 Å². The lowest BCUT2D eigenvalue weighted by molar-refractivity contribution is 0.0105. The quantitative estimate of drug-likeness (QED) is 0.213. The van der Waals surface area contributed by atoms with Gasteiger partial charge in [0.1, 0.15) is 0 Å². The van der Waals surface area contributed by atoms with Crippen molar-refractivity contribution in [2.24, 2.45) is 0 Å². The Bertz CT molecular complexity index is 441. The van der Waals surface area contributed by atoms with Crippen LogP contribution in [0, 0.1) is 0 Å². The smallest absolute Gasteiger partial charge is 0.0951 e. The number of hydrogen-bond donors (Lipinski definition) is 0. The Hall–Kier alpha value is 0.520. The normalized spacial score (nSPS) is 16.0. The Balaban J connectivity index is 0.00000171. The Morgan fingerprint density at radius 1 is 0.964 bits per heavy atom. The van der Waals surface area contributed by atoms with Crippen LogP contribution < -0.4 is 0 Å². The Morgan fingerprint density at radius 2 is 1.54 bits per heavy atom. The maximum absolute atomic E-state index is 6.22. The molecule has 0 saturated carbocycles. The van der Waals surface area contributed by atoms with Crippen LogP contribution in [-0.4, -0.2) is 91.1 Å². The summed E-state index contributed by atoms with van der Waals surface area (Å²) in [6.45, 7) is 11.0. The third-order valence-corrected chi connectivity index (χ3v) is 4.74. The molecule has 1 fully saturated rings. The second-order valence-corrected chi connectivity index (χ2v) is 7.07. The summed E-state index contributed by atoms with van der Waals surface area (Å²) in [7, 11) is 4.29. The molecule has 1 atom stereocenters. The molecule has 1 saturated heterocycles. The van der Waals surface area contributed by atoms with Crippen LogP contribution >= 0.6 is 45.2 Å². The number of alkyl halides is 2. The molecule has 1 aliphatic heterocycles. The number of hydrogen-bond acceptors (Lipinski definition) is 4. The molecule has 2 rings (SSSR count). The van der Waals surface area contributed by atoms with Crippen molar-refractivity contribution in [1.82, 2.24) is 14.7 Å². The average molecular weight is 617 g/mol. The molecular weight excluding hydrogens is 576 g/mol. The number of rotatable bonds is 10. The molecule has 164 valence electrons. The van der Waals surface area contributed by atoms with Gasteiger partial charge in [-0.25, -0.2) is 0 Å². The third kappa shape index (κ3) is 13.0. The summed E-state index contributed by atoms with van der Waals surface area (Å²) in [6.07, 6.45) is 2.53. The minimum absolute atomic E-state index is 0.200. The van der Waals surface area contributed by atoms with Gasteiger partial charge in [-0.3, -0.25) is 9.80 Å². The van der Waals surface area contributed by atoms with E-state index in [1.165, 1.54) is 31.6 Å². The molecule has 0 bridgehead atoms. The molecule has 1 aromatic carbocycles. The Morgan fingerprint density at radius 3 is 2.07 bits per heavy atom. The average Bonchev–Trinajstić information content (AvgIpc) is 2.76. The minimum Gasteiger partial charge on any atom is -0.372 e. The van der Waals surface area contributed by atoms with Crippen LogP contribution in [0.1, 0.15) is 31.4 Å². The fourth-order valence-electron chi connectivity index (χ4n) is 3.06. The highest BCUT2D eigenvalue weighted by molar-refractivity contribution is 14.1. The van der Waals surface area contributed by atoms with E-state index in [1.54, 1.807) is 0 Å². The molecule has 0 aromatic heterocycles. The van der Waals surface area contributed by atoms with Crippen molar-refractivity contribution in [3.63, 3.8) is 0 Å². The van der Waals surface area contributed by atoms with Gasteiger partial charge in [-0.15, -0.1) is 0 Å². The molecule has 0 spiro atoms. The molecule has 6 heteroatoms. The lowest BCUT2D eigenvalue weighted by Crippen LogP contribution is -2.49. The second-order valence-electron chi connectivity index (χ2n) is 7.07. The van der Waals surface area contributed by atoms with Crippen molar-refractivity contribution < 1.29 is 4.74 Å². The number of piperazine rings is 1. The van der Waals surface area contributed by atoms with Crippen LogP contribution in [0.3, 0.4) is 0 Å². The minimum atomic E-state index is 0.200. The van der Waals surface area contributed by atoms with E-state index in [-0.39, 0.29) is 6.10 Å². The summed E-state index contributed by atoms with van der Waals surface area (Å²) in [5, 5.41) is 0. The number of nitrogens with zero attached hydrogens (tertiary/aromatic N) is 3. The number of halogens is 2. The monoisotopic (exact) mass is 617 g/mol. The lowest BCUT2D eigenvalue weighted by atomic mass is 10.1. The molecule has 4 nitrogen and oxygen atoms in total. The first-order chi connectivity index (χ1) is 13.7.